The van der Waals surface area contributed by atoms with Gasteiger partial charge in [0.15, 0.2) is 6.23 Å². The second-order valence-electron chi connectivity index (χ2n) is 3.55. The van der Waals surface area contributed by atoms with Gasteiger partial charge in [0.25, 0.3) is 0 Å². The Bertz CT molecular complexity index is 429. The standard InChI is InChI=1S/C8H9FIN3O4/c9-3-4-6(14)5(10)7(17-4)12-2-1-11-8(12)13(15)16/h1-2,4-7,14H,3H2/t4-,5-,6-,7?/m1/s1. The molecule has 0 radical (unpaired) electrons. The molecule has 1 aliphatic rings. The van der Waals surface area contributed by atoms with Crippen LogP contribution in [0.4, 0.5) is 10.3 Å². The van der Waals surface area contributed by atoms with Gasteiger partial charge in [-0.3, -0.25) is 0 Å². The summed E-state index contributed by atoms with van der Waals surface area (Å²) >= 11 is 1.89. The van der Waals surface area contributed by atoms with Crippen LogP contribution < -0.4 is 0 Å². The topological polar surface area (TPSA) is 90.4 Å². The van der Waals surface area contributed by atoms with Gasteiger partial charge in [-0.2, -0.15) is 0 Å². The van der Waals surface area contributed by atoms with E-state index in [1.54, 1.807) is 0 Å². The second kappa shape index (κ2) is 4.82. The van der Waals surface area contributed by atoms with E-state index < -0.39 is 34.0 Å². The number of hydrogen-bond acceptors (Lipinski definition) is 5. The smallest absolute Gasteiger partial charge is 0.390 e. The van der Waals surface area contributed by atoms with Crippen LogP contribution in [0.5, 0.6) is 0 Å². The fourth-order valence-electron chi connectivity index (χ4n) is 1.70. The highest BCUT2D eigenvalue weighted by Crippen LogP contribution is 2.36. The van der Waals surface area contributed by atoms with Gasteiger partial charge in [0.1, 0.15) is 31.3 Å². The molecule has 0 spiro atoms. The third-order valence-electron chi connectivity index (χ3n) is 2.53. The highest BCUT2D eigenvalue weighted by Gasteiger charge is 2.46. The molecule has 1 fully saturated rings. The number of imidazole rings is 1. The average molecular weight is 357 g/mol. The van der Waals surface area contributed by atoms with Crippen molar-refractivity contribution in [3.05, 3.63) is 22.5 Å². The highest BCUT2D eigenvalue weighted by molar-refractivity contribution is 14.1. The molecule has 94 valence electrons. The molecule has 0 amide bonds. The molecule has 1 aromatic heterocycles. The third kappa shape index (κ3) is 2.13. The molecule has 2 heterocycles. The van der Waals surface area contributed by atoms with Crippen LogP contribution in [0.25, 0.3) is 0 Å². The first kappa shape index (κ1) is 12.6. The maximum atomic E-state index is 12.5. The number of hydrogen-bond donors (Lipinski definition) is 1. The Morgan fingerprint density at radius 1 is 1.76 bits per heavy atom. The SMILES string of the molecule is O=[N+]([O-])c1nccn1C1O[C@H](CF)[C@@H](O)[C@H]1I. The minimum atomic E-state index is -0.993. The molecule has 1 aromatic rings. The fraction of sp³-hybridized carbons (Fsp3) is 0.625. The van der Waals surface area contributed by atoms with Gasteiger partial charge in [0.2, 0.25) is 0 Å². The van der Waals surface area contributed by atoms with E-state index >= 15 is 0 Å². The monoisotopic (exact) mass is 357 g/mol. The second-order valence-corrected chi connectivity index (χ2v) is 4.98. The van der Waals surface area contributed by atoms with Crippen molar-refractivity contribution in [1.82, 2.24) is 9.55 Å². The van der Waals surface area contributed by atoms with Crippen LogP contribution in [0.2, 0.25) is 0 Å². The zero-order valence-corrected chi connectivity index (χ0v) is 10.6. The van der Waals surface area contributed by atoms with Crippen molar-refractivity contribution >= 4 is 28.5 Å². The van der Waals surface area contributed by atoms with E-state index in [0.29, 0.717) is 0 Å². The minimum Gasteiger partial charge on any atom is -0.390 e. The molecule has 17 heavy (non-hydrogen) atoms. The molecule has 0 bridgehead atoms. The van der Waals surface area contributed by atoms with Gasteiger partial charge in [-0.05, 0) is 4.92 Å². The molecular weight excluding hydrogens is 348 g/mol. The predicted octanol–water partition coefficient (Wildman–Crippen LogP) is 0.823. The summed E-state index contributed by atoms with van der Waals surface area (Å²) in [5.41, 5.74) is 0. The van der Waals surface area contributed by atoms with E-state index in [-0.39, 0.29) is 5.95 Å². The van der Waals surface area contributed by atoms with Crippen molar-refractivity contribution in [3.8, 4) is 0 Å². The van der Waals surface area contributed by atoms with Gasteiger partial charge in [0, 0.05) is 0 Å². The van der Waals surface area contributed by atoms with E-state index in [2.05, 4.69) is 4.98 Å². The fourth-order valence-corrected chi connectivity index (χ4v) is 2.68. The summed E-state index contributed by atoms with van der Waals surface area (Å²) in [5, 5.41) is 20.4. The molecule has 1 unspecified atom stereocenters. The van der Waals surface area contributed by atoms with E-state index in [4.69, 9.17) is 4.74 Å². The van der Waals surface area contributed by atoms with Gasteiger partial charge >= 0.3 is 5.95 Å². The van der Waals surface area contributed by atoms with Crippen LogP contribution in [0.1, 0.15) is 6.23 Å². The number of rotatable bonds is 3. The van der Waals surface area contributed by atoms with Crippen LogP contribution in [0, 0.1) is 10.1 Å². The van der Waals surface area contributed by atoms with Crippen molar-refractivity contribution in [2.45, 2.75) is 22.4 Å². The summed E-state index contributed by atoms with van der Waals surface area (Å²) in [4.78, 5) is 13.6. The van der Waals surface area contributed by atoms with Crippen LogP contribution in [-0.2, 0) is 4.74 Å². The number of aliphatic hydroxyl groups is 1. The Hall–Kier alpha value is -0.810. The summed E-state index contributed by atoms with van der Waals surface area (Å²) in [6, 6.07) is 0. The maximum Gasteiger partial charge on any atom is 0.436 e. The van der Waals surface area contributed by atoms with E-state index in [1.165, 1.54) is 17.0 Å². The lowest BCUT2D eigenvalue weighted by molar-refractivity contribution is -0.398. The van der Waals surface area contributed by atoms with Crippen LogP contribution in [0.3, 0.4) is 0 Å². The van der Waals surface area contributed by atoms with Crippen LogP contribution >= 0.6 is 22.6 Å². The molecule has 0 aliphatic carbocycles. The molecule has 0 aromatic carbocycles. The maximum absolute atomic E-state index is 12.5. The number of aromatic nitrogens is 2. The summed E-state index contributed by atoms with van der Waals surface area (Å²) < 4.78 is 18.5. The summed E-state index contributed by atoms with van der Waals surface area (Å²) in [5.74, 6) is -0.386. The molecule has 2 rings (SSSR count). The summed E-state index contributed by atoms with van der Waals surface area (Å²) in [7, 11) is 0. The molecule has 9 heteroatoms. The number of alkyl halides is 2. The van der Waals surface area contributed by atoms with E-state index in [0.717, 1.165) is 0 Å². The number of ether oxygens (including phenoxy) is 1. The van der Waals surface area contributed by atoms with Gasteiger partial charge in [0.05, 0.1) is 3.92 Å². The minimum absolute atomic E-state index is 0.386. The van der Waals surface area contributed by atoms with Crippen molar-refractivity contribution < 1.29 is 19.2 Å². The zero-order valence-electron chi connectivity index (χ0n) is 8.44. The lowest BCUT2D eigenvalue weighted by Gasteiger charge is -2.12. The van der Waals surface area contributed by atoms with Gasteiger partial charge in [-0.25, -0.2) is 8.96 Å². The van der Waals surface area contributed by atoms with Crippen molar-refractivity contribution in [2.75, 3.05) is 6.67 Å². The molecule has 1 N–H and O–H groups in total. The molecule has 1 saturated heterocycles. The van der Waals surface area contributed by atoms with Crippen LogP contribution in [-0.4, -0.2) is 42.4 Å². The Morgan fingerprint density at radius 2 is 2.47 bits per heavy atom. The quantitative estimate of drug-likeness (QED) is 0.375. The Labute approximate surface area is 109 Å². The molecule has 4 atom stereocenters. The summed E-state index contributed by atoms with van der Waals surface area (Å²) in [6.45, 7) is -0.834. The van der Waals surface area contributed by atoms with Crippen molar-refractivity contribution in [1.29, 1.82) is 0 Å². The predicted molar refractivity (Wildman–Crippen MR) is 62.6 cm³/mol. The Kier molecular flexibility index (Phi) is 3.58. The van der Waals surface area contributed by atoms with Crippen molar-refractivity contribution in [3.63, 3.8) is 0 Å². The number of halogens is 2. The third-order valence-corrected chi connectivity index (χ3v) is 3.88. The highest BCUT2D eigenvalue weighted by atomic mass is 127. The van der Waals surface area contributed by atoms with Gasteiger partial charge in [-0.1, -0.05) is 27.6 Å². The van der Waals surface area contributed by atoms with Crippen LogP contribution in [0.15, 0.2) is 12.4 Å². The lowest BCUT2D eigenvalue weighted by Crippen LogP contribution is -2.28. The molecular formula is C8H9FIN3O4. The molecule has 1 aliphatic heterocycles. The van der Waals surface area contributed by atoms with Crippen molar-refractivity contribution in [2.24, 2.45) is 0 Å². The first-order chi connectivity index (χ1) is 8.06. The largest absolute Gasteiger partial charge is 0.436 e. The Balaban J connectivity index is 2.29. The first-order valence-corrected chi connectivity index (χ1v) is 6.01. The number of aliphatic hydroxyl groups excluding tert-OH is 1. The zero-order chi connectivity index (χ0) is 12.6. The van der Waals surface area contributed by atoms with Gasteiger partial charge in [-0.15, -0.1) is 0 Å². The van der Waals surface area contributed by atoms with E-state index in [9.17, 15) is 19.6 Å². The molecule has 7 nitrogen and oxygen atoms in total. The van der Waals surface area contributed by atoms with Gasteiger partial charge < -0.3 is 20.0 Å². The summed E-state index contributed by atoms with van der Waals surface area (Å²) in [6.07, 6.45) is -0.0901. The average Bonchev–Trinajstić information content (AvgIpc) is 2.86. The molecule has 0 saturated carbocycles. The normalized spacial score (nSPS) is 32.9. The first-order valence-electron chi connectivity index (χ1n) is 4.77. The number of nitro groups is 1. The lowest BCUT2D eigenvalue weighted by atomic mass is 10.2. The number of nitrogens with zero attached hydrogens (tertiary/aromatic N) is 3. The van der Waals surface area contributed by atoms with E-state index in [1.807, 2.05) is 22.6 Å². The Morgan fingerprint density at radius 3 is 3.00 bits per heavy atom.